The van der Waals surface area contributed by atoms with Gasteiger partial charge in [-0.2, -0.15) is 0 Å². The van der Waals surface area contributed by atoms with Crippen molar-refractivity contribution in [3.63, 3.8) is 0 Å². The summed E-state index contributed by atoms with van der Waals surface area (Å²) in [4.78, 5) is 27.0. The molecule has 0 spiro atoms. The van der Waals surface area contributed by atoms with Crippen LogP contribution in [0.1, 0.15) is 138 Å². The van der Waals surface area contributed by atoms with E-state index in [0.29, 0.717) is 24.9 Å². The Morgan fingerprint density at radius 2 is 1.56 bits per heavy atom. The molecule has 0 bridgehead atoms. The summed E-state index contributed by atoms with van der Waals surface area (Å²) in [6.07, 6.45) is 14.4. The SMILES string of the molecule is CCCC(=O)O[C@@H]1CC(C)(C)C2CC[C@]3(C)C(CC=C4C5CC(C)(C)CC[C@]5(C(=O)OCc5ccccc5)CC[C@]43C)[C@@]2(C)C1. The molecule has 0 heterocycles. The summed E-state index contributed by atoms with van der Waals surface area (Å²) in [5.41, 5.74) is 2.82. The van der Waals surface area contributed by atoms with Crippen molar-refractivity contribution in [2.24, 2.45) is 50.2 Å². The summed E-state index contributed by atoms with van der Waals surface area (Å²) in [5.74, 6) is 1.38. The minimum atomic E-state index is -0.425. The van der Waals surface area contributed by atoms with Crippen molar-refractivity contribution in [2.45, 2.75) is 145 Å². The van der Waals surface area contributed by atoms with E-state index in [9.17, 15) is 9.59 Å². The van der Waals surface area contributed by atoms with Gasteiger partial charge in [0.2, 0.25) is 0 Å². The highest BCUT2D eigenvalue weighted by Crippen LogP contribution is 2.76. The molecule has 248 valence electrons. The van der Waals surface area contributed by atoms with Crippen LogP contribution in [0.15, 0.2) is 42.0 Å². The fourth-order valence-electron chi connectivity index (χ4n) is 12.2. The molecular weight excluding hydrogens is 556 g/mol. The Morgan fingerprint density at radius 3 is 2.27 bits per heavy atom. The van der Waals surface area contributed by atoms with Crippen molar-refractivity contribution < 1.29 is 19.1 Å². The number of esters is 2. The number of fused-ring (bicyclic) bond motifs is 7. The number of allylic oxidation sites excluding steroid dienone is 2. The zero-order valence-electron chi connectivity index (χ0n) is 29.6. The Bertz CT molecular complexity index is 1330. The fourth-order valence-corrected chi connectivity index (χ4v) is 12.2. The van der Waals surface area contributed by atoms with Crippen molar-refractivity contribution in [1.82, 2.24) is 0 Å². The van der Waals surface area contributed by atoms with Crippen LogP contribution in [-0.2, 0) is 25.7 Å². The molecule has 0 amide bonds. The molecule has 0 saturated heterocycles. The molecule has 4 heteroatoms. The summed E-state index contributed by atoms with van der Waals surface area (Å²) in [6, 6.07) is 10.1. The van der Waals surface area contributed by atoms with Gasteiger partial charge < -0.3 is 9.47 Å². The van der Waals surface area contributed by atoms with Crippen LogP contribution in [0, 0.1) is 50.2 Å². The molecule has 0 aliphatic heterocycles. The molecule has 8 atom stereocenters. The second-order valence-electron chi connectivity index (χ2n) is 18.2. The first-order chi connectivity index (χ1) is 21.1. The fraction of sp³-hybridized carbons (Fsp3) is 0.756. The first-order valence-electron chi connectivity index (χ1n) is 18.2. The second kappa shape index (κ2) is 11.3. The van der Waals surface area contributed by atoms with Crippen molar-refractivity contribution in [3.8, 4) is 0 Å². The maximum Gasteiger partial charge on any atom is 0.313 e. The number of rotatable bonds is 6. The highest BCUT2D eigenvalue weighted by atomic mass is 16.5. The van der Waals surface area contributed by atoms with Crippen LogP contribution in [0.2, 0.25) is 0 Å². The van der Waals surface area contributed by atoms with Gasteiger partial charge in [-0.3, -0.25) is 9.59 Å². The topological polar surface area (TPSA) is 52.6 Å². The van der Waals surface area contributed by atoms with Gasteiger partial charge in [-0.25, -0.2) is 0 Å². The highest BCUT2D eigenvalue weighted by Gasteiger charge is 2.69. The van der Waals surface area contributed by atoms with Gasteiger partial charge in [0.25, 0.3) is 0 Å². The lowest BCUT2D eigenvalue weighted by molar-refractivity contribution is -0.208. The number of hydrogen-bond acceptors (Lipinski definition) is 4. The third-order valence-electron chi connectivity index (χ3n) is 14.6. The minimum Gasteiger partial charge on any atom is -0.462 e. The molecular formula is C41H60O4. The third kappa shape index (κ3) is 5.23. The summed E-state index contributed by atoms with van der Waals surface area (Å²) in [7, 11) is 0. The summed E-state index contributed by atoms with van der Waals surface area (Å²) in [6.45, 7) is 19.8. The maximum absolute atomic E-state index is 14.3. The number of ether oxygens (including phenoxy) is 2. The van der Waals surface area contributed by atoms with E-state index < -0.39 is 5.41 Å². The number of carbonyl (C=O) groups is 2. The van der Waals surface area contributed by atoms with Crippen molar-refractivity contribution >= 4 is 11.9 Å². The lowest BCUT2D eigenvalue weighted by Crippen LogP contribution is -2.65. The zero-order valence-corrected chi connectivity index (χ0v) is 29.6. The standard InChI is InChI=1S/C41H60O4/c1-9-13-34(42)45-29-24-37(4,5)32-18-19-40(8)33(38(32,6)25-29)17-16-30-31-26-36(2,3)20-22-41(31,23-21-39(30,40)7)35(43)44-27-28-14-11-10-12-15-28/h10-12,14-16,29,31-33H,9,13,17-27H2,1-8H3/t29-,31?,32?,33?,38+,39-,40-,41+/m1/s1. The third-order valence-corrected chi connectivity index (χ3v) is 14.6. The van der Waals surface area contributed by atoms with E-state index >= 15 is 0 Å². The van der Waals surface area contributed by atoms with Crippen LogP contribution >= 0.6 is 0 Å². The number of hydrogen-bond donors (Lipinski definition) is 0. The van der Waals surface area contributed by atoms with Crippen LogP contribution in [0.4, 0.5) is 0 Å². The van der Waals surface area contributed by atoms with Gasteiger partial charge in [0, 0.05) is 6.42 Å². The minimum absolute atomic E-state index is 0.00151. The van der Waals surface area contributed by atoms with E-state index in [2.05, 4.69) is 61.5 Å². The lowest BCUT2D eigenvalue weighted by atomic mass is 9.33. The first-order valence-corrected chi connectivity index (χ1v) is 18.2. The van der Waals surface area contributed by atoms with E-state index in [0.717, 1.165) is 63.4 Å². The van der Waals surface area contributed by atoms with Gasteiger partial charge >= 0.3 is 11.9 Å². The molecule has 0 aromatic heterocycles. The molecule has 4 fully saturated rings. The highest BCUT2D eigenvalue weighted by molar-refractivity contribution is 5.79. The average Bonchev–Trinajstić information content (AvgIpc) is 2.96. The smallest absolute Gasteiger partial charge is 0.313 e. The Hall–Kier alpha value is -2.10. The van der Waals surface area contributed by atoms with Crippen LogP contribution in [0.5, 0.6) is 0 Å². The average molecular weight is 617 g/mol. The molecule has 45 heavy (non-hydrogen) atoms. The van der Waals surface area contributed by atoms with E-state index in [1.807, 2.05) is 30.3 Å². The van der Waals surface area contributed by atoms with E-state index in [1.54, 1.807) is 5.57 Å². The van der Waals surface area contributed by atoms with Crippen molar-refractivity contribution in [2.75, 3.05) is 0 Å². The Balaban J connectivity index is 1.34. The Kier molecular flexibility index (Phi) is 8.21. The molecule has 3 unspecified atom stereocenters. The molecule has 6 rings (SSSR count). The summed E-state index contributed by atoms with van der Waals surface area (Å²) < 4.78 is 12.4. The molecule has 4 nitrogen and oxygen atoms in total. The molecule has 1 aromatic carbocycles. The predicted octanol–water partition coefficient (Wildman–Crippen LogP) is 10.2. The van der Waals surface area contributed by atoms with Crippen molar-refractivity contribution in [3.05, 3.63) is 47.5 Å². The molecule has 1 aromatic rings. The molecule has 0 N–H and O–H groups in total. The normalized spacial score (nSPS) is 41.3. The Labute approximate surface area is 273 Å². The second-order valence-corrected chi connectivity index (χ2v) is 18.2. The van der Waals surface area contributed by atoms with Crippen LogP contribution in [-0.4, -0.2) is 18.0 Å². The van der Waals surface area contributed by atoms with E-state index in [1.165, 1.54) is 12.8 Å². The van der Waals surface area contributed by atoms with Gasteiger partial charge in [-0.15, -0.1) is 0 Å². The zero-order chi connectivity index (χ0) is 32.5. The lowest BCUT2D eigenvalue weighted by Gasteiger charge is -2.71. The quantitative estimate of drug-likeness (QED) is 0.236. The molecule has 0 radical (unpaired) electrons. The molecule has 5 aliphatic rings. The van der Waals surface area contributed by atoms with Gasteiger partial charge in [0.1, 0.15) is 12.7 Å². The number of carbonyl (C=O) groups excluding carboxylic acids is 2. The largest absolute Gasteiger partial charge is 0.462 e. The van der Waals surface area contributed by atoms with Crippen LogP contribution in [0.25, 0.3) is 0 Å². The van der Waals surface area contributed by atoms with Gasteiger partial charge in [0.15, 0.2) is 0 Å². The maximum atomic E-state index is 14.3. The van der Waals surface area contributed by atoms with Gasteiger partial charge in [-0.1, -0.05) is 97.4 Å². The number of benzene rings is 1. The van der Waals surface area contributed by atoms with Gasteiger partial charge in [-0.05, 0) is 121 Å². The van der Waals surface area contributed by atoms with Gasteiger partial charge in [0.05, 0.1) is 5.41 Å². The van der Waals surface area contributed by atoms with E-state index in [4.69, 9.17) is 9.47 Å². The molecule has 4 saturated carbocycles. The molecule has 5 aliphatic carbocycles. The van der Waals surface area contributed by atoms with Crippen molar-refractivity contribution in [1.29, 1.82) is 0 Å². The monoisotopic (exact) mass is 616 g/mol. The van der Waals surface area contributed by atoms with Crippen LogP contribution in [0.3, 0.4) is 0 Å². The summed E-state index contributed by atoms with van der Waals surface area (Å²) in [5, 5.41) is 0. The van der Waals surface area contributed by atoms with Crippen LogP contribution < -0.4 is 0 Å². The van der Waals surface area contributed by atoms with E-state index in [-0.39, 0.29) is 51.0 Å². The first kappa shape index (κ1) is 32.8. The Morgan fingerprint density at radius 1 is 0.844 bits per heavy atom. The predicted molar refractivity (Wildman–Crippen MR) is 180 cm³/mol. The summed E-state index contributed by atoms with van der Waals surface area (Å²) >= 11 is 0.